The summed E-state index contributed by atoms with van der Waals surface area (Å²) < 4.78 is 0. The van der Waals surface area contributed by atoms with Crippen molar-refractivity contribution in [2.45, 2.75) is 13.3 Å². The zero-order valence-electron chi connectivity index (χ0n) is 10.8. The Morgan fingerprint density at radius 2 is 2.05 bits per heavy atom. The Hall–Kier alpha value is -2.60. The standard InChI is InChI=1S/C13H15N5O/c1-2-7-16-12-4-3-11(10-17-12)13(19)18(8-5-14)9-6-15/h3-4,10H,2,7-9H2,1H3,(H,16,17). The monoisotopic (exact) mass is 257 g/mol. The van der Waals surface area contributed by atoms with Crippen LogP contribution in [0.1, 0.15) is 23.7 Å². The summed E-state index contributed by atoms with van der Waals surface area (Å²) in [7, 11) is 0. The zero-order chi connectivity index (χ0) is 14.1. The smallest absolute Gasteiger partial charge is 0.257 e. The highest BCUT2D eigenvalue weighted by Gasteiger charge is 2.15. The van der Waals surface area contributed by atoms with E-state index >= 15 is 0 Å². The summed E-state index contributed by atoms with van der Waals surface area (Å²) in [5.41, 5.74) is 0.368. The maximum absolute atomic E-state index is 12.0. The number of rotatable bonds is 6. The van der Waals surface area contributed by atoms with Crippen molar-refractivity contribution in [1.82, 2.24) is 9.88 Å². The van der Waals surface area contributed by atoms with Crippen molar-refractivity contribution >= 4 is 11.7 Å². The molecule has 0 atom stereocenters. The SMILES string of the molecule is CCCNc1ccc(C(=O)N(CC#N)CC#N)cn1. The van der Waals surface area contributed by atoms with Crippen LogP contribution in [-0.4, -0.2) is 35.4 Å². The van der Waals surface area contributed by atoms with Gasteiger partial charge in [0.05, 0.1) is 17.7 Å². The van der Waals surface area contributed by atoms with Crippen LogP contribution in [0.25, 0.3) is 0 Å². The molecule has 1 rings (SSSR count). The van der Waals surface area contributed by atoms with E-state index in [4.69, 9.17) is 10.5 Å². The van der Waals surface area contributed by atoms with Crippen molar-refractivity contribution in [3.8, 4) is 12.1 Å². The number of nitriles is 2. The normalized spacial score (nSPS) is 9.21. The molecule has 1 aromatic heterocycles. The molecular formula is C13H15N5O. The van der Waals surface area contributed by atoms with Crippen LogP contribution >= 0.6 is 0 Å². The molecule has 0 saturated heterocycles. The van der Waals surface area contributed by atoms with Crippen molar-refractivity contribution < 1.29 is 4.79 Å². The van der Waals surface area contributed by atoms with Crippen LogP contribution in [0.4, 0.5) is 5.82 Å². The lowest BCUT2D eigenvalue weighted by Crippen LogP contribution is -2.31. The maximum Gasteiger partial charge on any atom is 0.257 e. The Kier molecular flexibility index (Phi) is 5.84. The van der Waals surface area contributed by atoms with Gasteiger partial charge in [-0.2, -0.15) is 10.5 Å². The molecular weight excluding hydrogens is 242 g/mol. The molecule has 19 heavy (non-hydrogen) atoms. The molecule has 0 unspecified atom stereocenters. The number of nitrogens with zero attached hydrogens (tertiary/aromatic N) is 4. The minimum Gasteiger partial charge on any atom is -0.370 e. The lowest BCUT2D eigenvalue weighted by Gasteiger charge is -2.15. The van der Waals surface area contributed by atoms with Gasteiger partial charge in [0.1, 0.15) is 18.9 Å². The van der Waals surface area contributed by atoms with E-state index in [9.17, 15) is 4.79 Å². The van der Waals surface area contributed by atoms with Gasteiger partial charge in [-0.15, -0.1) is 0 Å². The second-order valence-electron chi connectivity index (χ2n) is 3.84. The molecule has 6 heteroatoms. The number of nitrogens with one attached hydrogen (secondary N) is 1. The highest BCUT2D eigenvalue weighted by atomic mass is 16.2. The van der Waals surface area contributed by atoms with Gasteiger partial charge >= 0.3 is 0 Å². The van der Waals surface area contributed by atoms with Gasteiger partial charge in [0.25, 0.3) is 5.91 Å². The average molecular weight is 257 g/mol. The summed E-state index contributed by atoms with van der Waals surface area (Å²) in [6.07, 6.45) is 2.43. The minimum atomic E-state index is -0.363. The first-order valence-corrected chi connectivity index (χ1v) is 5.96. The third kappa shape index (κ3) is 4.29. The van der Waals surface area contributed by atoms with E-state index < -0.39 is 0 Å². The van der Waals surface area contributed by atoms with E-state index in [-0.39, 0.29) is 19.0 Å². The van der Waals surface area contributed by atoms with Gasteiger partial charge in [0, 0.05) is 12.7 Å². The number of carbonyl (C=O) groups is 1. The molecule has 0 spiro atoms. The van der Waals surface area contributed by atoms with Crippen LogP contribution in [-0.2, 0) is 0 Å². The fraction of sp³-hybridized carbons (Fsp3) is 0.385. The number of pyridine rings is 1. The van der Waals surface area contributed by atoms with Crippen LogP contribution in [0.2, 0.25) is 0 Å². The molecule has 1 heterocycles. The van der Waals surface area contributed by atoms with E-state index in [1.54, 1.807) is 12.1 Å². The van der Waals surface area contributed by atoms with Crippen molar-refractivity contribution in [2.24, 2.45) is 0 Å². The number of hydrogen-bond acceptors (Lipinski definition) is 5. The van der Waals surface area contributed by atoms with E-state index in [2.05, 4.69) is 10.3 Å². The van der Waals surface area contributed by atoms with Gasteiger partial charge in [-0.1, -0.05) is 6.92 Å². The van der Waals surface area contributed by atoms with Crippen molar-refractivity contribution in [3.63, 3.8) is 0 Å². The van der Waals surface area contributed by atoms with Crippen LogP contribution in [0, 0.1) is 22.7 Å². The molecule has 0 aliphatic carbocycles. The van der Waals surface area contributed by atoms with Gasteiger partial charge in [-0.3, -0.25) is 4.79 Å². The van der Waals surface area contributed by atoms with Crippen molar-refractivity contribution in [1.29, 1.82) is 10.5 Å². The third-order valence-corrected chi connectivity index (χ3v) is 2.38. The first kappa shape index (κ1) is 14.5. The minimum absolute atomic E-state index is 0.109. The fourth-order valence-electron chi connectivity index (χ4n) is 1.43. The molecule has 98 valence electrons. The molecule has 1 N–H and O–H groups in total. The van der Waals surface area contributed by atoms with Gasteiger partial charge in [-0.05, 0) is 18.6 Å². The summed E-state index contributed by atoms with van der Waals surface area (Å²) in [5.74, 6) is 0.336. The highest BCUT2D eigenvalue weighted by molar-refractivity contribution is 5.94. The van der Waals surface area contributed by atoms with Gasteiger partial charge in [0.2, 0.25) is 0 Å². The average Bonchev–Trinajstić information content (AvgIpc) is 2.44. The fourth-order valence-corrected chi connectivity index (χ4v) is 1.43. The Balaban J connectivity index is 2.76. The summed E-state index contributed by atoms with van der Waals surface area (Å²) in [6, 6.07) is 7.07. The molecule has 0 radical (unpaired) electrons. The predicted octanol–water partition coefficient (Wildman–Crippen LogP) is 1.39. The summed E-state index contributed by atoms with van der Waals surface area (Å²) >= 11 is 0. The highest BCUT2D eigenvalue weighted by Crippen LogP contribution is 2.08. The lowest BCUT2D eigenvalue weighted by molar-refractivity contribution is 0.0794. The third-order valence-electron chi connectivity index (χ3n) is 2.38. The first-order chi connectivity index (χ1) is 9.22. The quantitative estimate of drug-likeness (QED) is 0.777. The number of anilines is 1. The molecule has 0 aromatic carbocycles. The largest absolute Gasteiger partial charge is 0.370 e. The van der Waals surface area contributed by atoms with Crippen LogP contribution < -0.4 is 5.32 Å². The first-order valence-electron chi connectivity index (χ1n) is 5.96. The second-order valence-corrected chi connectivity index (χ2v) is 3.84. The van der Waals surface area contributed by atoms with Crippen LogP contribution in [0.3, 0.4) is 0 Å². The number of hydrogen-bond donors (Lipinski definition) is 1. The summed E-state index contributed by atoms with van der Waals surface area (Å²) in [5, 5.41) is 20.3. The van der Waals surface area contributed by atoms with E-state index in [1.165, 1.54) is 11.1 Å². The number of carbonyl (C=O) groups excluding carboxylic acids is 1. The lowest BCUT2D eigenvalue weighted by atomic mass is 10.2. The van der Waals surface area contributed by atoms with Gasteiger partial charge < -0.3 is 10.2 Å². The Morgan fingerprint density at radius 1 is 1.37 bits per heavy atom. The number of amides is 1. The molecule has 0 bridgehead atoms. The molecule has 6 nitrogen and oxygen atoms in total. The molecule has 0 saturated carbocycles. The Morgan fingerprint density at radius 3 is 2.53 bits per heavy atom. The van der Waals surface area contributed by atoms with Crippen LogP contribution in [0.15, 0.2) is 18.3 Å². The second kappa shape index (κ2) is 7.67. The van der Waals surface area contributed by atoms with E-state index in [1.807, 2.05) is 19.1 Å². The van der Waals surface area contributed by atoms with Gasteiger partial charge in [-0.25, -0.2) is 4.98 Å². The molecule has 1 amide bonds. The van der Waals surface area contributed by atoms with Crippen LogP contribution in [0.5, 0.6) is 0 Å². The maximum atomic E-state index is 12.0. The van der Waals surface area contributed by atoms with Crippen molar-refractivity contribution in [2.75, 3.05) is 25.0 Å². The molecule has 0 fully saturated rings. The molecule has 0 aliphatic heterocycles. The summed E-state index contributed by atoms with van der Waals surface area (Å²) in [6.45, 7) is 2.65. The molecule has 0 aliphatic rings. The number of aromatic nitrogens is 1. The van der Waals surface area contributed by atoms with E-state index in [0.29, 0.717) is 11.4 Å². The predicted molar refractivity (Wildman–Crippen MR) is 70.1 cm³/mol. The van der Waals surface area contributed by atoms with Gasteiger partial charge in [0.15, 0.2) is 0 Å². The topological polar surface area (TPSA) is 92.8 Å². The zero-order valence-corrected chi connectivity index (χ0v) is 10.8. The van der Waals surface area contributed by atoms with E-state index in [0.717, 1.165) is 13.0 Å². The molecule has 1 aromatic rings. The summed E-state index contributed by atoms with van der Waals surface area (Å²) in [4.78, 5) is 17.3. The Labute approximate surface area is 112 Å². The van der Waals surface area contributed by atoms with Crippen molar-refractivity contribution in [3.05, 3.63) is 23.9 Å². The Bertz CT molecular complexity index is 481.